The van der Waals surface area contributed by atoms with Gasteiger partial charge in [-0.1, -0.05) is 6.58 Å². The molecule has 0 bridgehead atoms. The van der Waals surface area contributed by atoms with E-state index in [0.717, 1.165) is 5.56 Å². The molecule has 0 aromatic heterocycles. The van der Waals surface area contributed by atoms with E-state index in [9.17, 15) is 18.0 Å². The molecule has 1 aromatic rings. The Balaban J connectivity index is 1.97. The van der Waals surface area contributed by atoms with Gasteiger partial charge in [0, 0.05) is 17.8 Å². The number of ether oxygens (including phenoxy) is 2. The third-order valence-electron chi connectivity index (χ3n) is 3.33. The first kappa shape index (κ1) is 12.8. The zero-order chi connectivity index (χ0) is 14.5. The Kier molecular flexibility index (Phi) is 2.67. The summed E-state index contributed by atoms with van der Waals surface area (Å²) >= 11 is 0. The van der Waals surface area contributed by atoms with E-state index < -0.39 is 12.1 Å². The normalized spacial score (nSPS) is 17.1. The number of hydrogen-bond acceptors (Lipinski definition) is 3. The first-order valence-electron chi connectivity index (χ1n) is 5.88. The van der Waals surface area contributed by atoms with Crippen molar-refractivity contribution in [2.24, 2.45) is 0 Å². The van der Waals surface area contributed by atoms with Crippen LogP contribution < -0.4 is 9.47 Å². The highest BCUT2D eigenvalue weighted by molar-refractivity contribution is 5.91. The van der Waals surface area contributed by atoms with E-state index in [1.54, 1.807) is 12.1 Å². The van der Waals surface area contributed by atoms with E-state index in [4.69, 9.17) is 9.47 Å². The number of alkyl halides is 3. The monoisotopic (exact) mass is 285 g/mol. The zero-order valence-corrected chi connectivity index (χ0v) is 10.3. The third-order valence-corrected chi connectivity index (χ3v) is 3.33. The Bertz CT molecular complexity index is 610. The van der Waals surface area contributed by atoms with E-state index in [0.29, 0.717) is 28.4 Å². The Hall–Kier alpha value is -2.18. The molecule has 2 aliphatic rings. The molecule has 0 N–H and O–H groups in total. The minimum atomic E-state index is -4.91. The number of fused-ring (bicyclic) bond motifs is 2. The molecule has 2 heterocycles. The van der Waals surface area contributed by atoms with Crippen molar-refractivity contribution in [1.29, 1.82) is 0 Å². The molecule has 4 nitrogen and oxygen atoms in total. The minimum Gasteiger partial charge on any atom is -0.454 e. The molecule has 1 aromatic carbocycles. The summed E-state index contributed by atoms with van der Waals surface area (Å²) in [6.45, 7) is 3.63. The summed E-state index contributed by atoms with van der Waals surface area (Å²) < 4.78 is 48.0. The lowest BCUT2D eigenvalue weighted by atomic mass is 9.96. The third kappa shape index (κ3) is 1.90. The maximum absolute atomic E-state index is 12.5. The molecular formula is C13H10F3NO3. The predicted octanol–water partition coefficient (Wildman–Crippen LogP) is 2.33. The van der Waals surface area contributed by atoms with Crippen LogP contribution in [0.3, 0.4) is 0 Å². The molecule has 0 radical (unpaired) electrons. The molecule has 0 fully saturated rings. The zero-order valence-electron chi connectivity index (χ0n) is 10.3. The fourth-order valence-corrected chi connectivity index (χ4v) is 2.35. The fourth-order valence-electron chi connectivity index (χ4n) is 2.35. The summed E-state index contributed by atoms with van der Waals surface area (Å²) in [5.41, 5.74) is 1.32. The van der Waals surface area contributed by atoms with Crippen molar-refractivity contribution < 1.29 is 27.4 Å². The SMILES string of the molecule is C=C1c2cc3c(cc2CCN1C(=O)C(F)(F)F)OCO3. The molecule has 7 heteroatoms. The van der Waals surface area contributed by atoms with Gasteiger partial charge in [0.25, 0.3) is 0 Å². The van der Waals surface area contributed by atoms with E-state index in [1.807, 2.05) is 0 Å². The van der Waals surface area contributed by atoms with Crippen LogP contribution in [-0.2, 0) is 11.2 Å². The standard InChI is InChI=1S/C13H10F3NO3/c1-7-9-5-11-10(19-6-20-11)4-8(9)2-3-17(7)12(18)13(14,15)16/h4-5H,1-3,6H2. The molecule has 106 valence electrons. The highest BCUT2D eigenvalue weighted by atomic mass is 19.4. The summed E-state index contributed by atoms with van der Waals surface area (Å²) in [7, 11) is 0. The lowest BCUT2D eigenvalue weighted by Crippen LogP contribution is -2.42. The summed E-state index contributed by atoms with van der Waals surface area (Å²) in [4.78, 5) is 12.0. The van der Waals surface area contributed by atoms with Crippen LogP contribution in [0.2, 0.25) is 0 Å². The van der Waals surface area contributed by atoms with Crippen LogP contribution in [0, 0.1) is 0 Å². The number of carbonyl (C=O) groups excluding carboxylic acids is 1. The number of amides is 1. The molecule has 2 aliphatic heterocycles. The predicted molar refractivity (Wildman–Crippen MR) is 63.1 cm³/mol. The summed E-state index contributed by atoms with van der Waals surface area (Å²) in [5, 5.41) is 0. The van der Waals surface area contributed by atoms with Crippen LogP contribution in [0.15, 0.2) is 18.7 Å². The maximum atomic E-state index is 12.5. The lowest BCUT2D eigenvalue weighted by Gasteiger charge is -2.31. The Morgan fingerprint density at radius 2 is 1.90 bits per heavy atom. The van der Waals surface area contributed by atoms with Gasteiger partial charge in [-0.15, -0.1) is 0 Å². The van der Waals surface area contributed by atoms with Crippen LogP contribution >= 0.6 is 0 Å². The molecule has 0 unspecified atom stereocenters. The van der Waals surface area contributed by atoms with E-state index in [-0.39, 0.29) is 19.0 Å². The van der Waals surface area contributed by atoms with Gasteiger partial charge in [-0.05, 0) is 24.1 Å². The van der Waals surface area contributed by atoms with Gasteiger partial charge in [-0.25, -0.2) is 0 Å². The van der Waals surface area contributed by atoms with Crippen molar-refractivity contribution in [3.8, 4) is 11.5 Å². The van der Waals surface area contributed by atoms with Crippen LogP contribution in [0.25, 0.3) is 5.70 Å². The molecule has 0 spiro atoms. The smallest absolute Gasteiger partial charge is 0.454 e. The van der Waals surface area contributed by atoms with Gasteiger partial charge < -0.3 is 14.4 Å². The Morgan fingerprint density at radius 1 is 1.25 bits per heavy atom. The quantitative estimate of drug-likeness (QED) is 0.734. The Labute approximate surface area is 112 Å². The first-order valence-corrected chi connectivity index (χ1v) is 5.88. The molecular weight excluding hydrogens is 275 g/mol. The Morgan fingerprint density at radius 3 is 2.55 bits per heavy atom. The average Bonchev–Trinajstić information content (AvgIpc) is 2.82. The van der Waals surface area contributed by atoms with Crippen molar-refractivity contribution in [1.82, 2.24) is 4.90 Å². The van der Waals surface area contributed by atoms with Crippen molar-refractivity contribution in [3.05, 3.63) is 29.8 Å². The summed E-state index contributed by atoms with van der Waals surface area (Å²) in [6.07, 6.45) is -4.59. The van der Waals surface area contributed by atoms with Gasteiger partial charge in [0.15, 0.2) is 11.5 Å². The molecule has 0 aliphatic carbocycles. The van der Waals surface area contributed by atoms with Gasteiger partial charge in [-0.3, -0.25) is 4.79 Å². The molecule has 1 amide bonds. The fraction of sp³-hybridized carbons (Fsp3) is 0.308. The summed E-state index contributed by atoms with van der Waals surface area (Å²) in [6, 6.07) is 3.29. The van der Waals surface area contributed by atoms with Gasteiger partial charge in [0.2, 0.25) is 6.79 Å². The highest BCUT2D eigenvalue weighted by Gasteiger charge is 2.44. The van der Waals surface area contributed by atoms with Crippen molar-refractivity contribution in [3.63, 3.8) is 0 Å². The number of halogens is 3. The number of nitrogens with zero attached hydrogens (tertiary/aromatic N) is 1. The van der Waals surface area contributed by atoms with Gasteiger partial charge in [-0.2, -0.15) is 13.2 Å². The van der Waals surface area contributed by atoms with Crippen molar-refractivity contribution >= 4 is 11.6 Å². The maximum Gasteiger partial charge on any atom is 0.471 e. The van der Waals surface area contributed by atoms with Gasteiger partial charge in [0.05, 0.1) is 0 Å². The lowest BCUT2D eigenvalue weighted by molar-refractivity contribution is -0.181. The molecule has 0 atom stereocenters. The van der Waals surface area contributed by atoms with E-state index in [2.05, 4.69) is 6.58 Å². The highest BCUT2D eigenvalue weighted by Crippen LogP contribution is 2.40. The number of rotatable bonds is 0. The molecule has 0 saturated carbocycles. The average molecular weight is 285 g/mol. The van der Waals surface area contributed by atoms with Crippen molar-refractivity contribution in [2.75, 3.05) is 13.3 Å². The second kappa shape index (κ2) is 4.16. The number of benzene rings is 1. The van der Waals surface area contributed by atoms with Crippen LogP contribution in [-0.4, -0.2) is 30.3 Å². The summed E-state index contributed by atoms with van der Waals surface area (Å²) in [5.74, 6) is -0.885. The number of hydrogen-bond donors (Lipinski definition) is 0. The topological polar surface area (TPSA) is 38.8 Å². The van der Waals surface area contributed by atoms with Crippen LogP contribution in [0.1, 0.15) is 11.1 Å². The van der Waals surface area contributed by atoms with E-state index >= 15 is 0 Å². The second-order valence-electron chi connectivity index (χ2n) is 4.51. The van der Waals surface area contributed by atoms with Crippen LogP contribution in [0.5, 0.6) is 11.5 Å². The van der Waals surface area contributed by atoms with Crippen molar-refractivity contribution in [2.45, 2.75) is 12.6 Å². The second-order valence-corrected chi connectivity index (χ2v) is 4.51. The number of carbonyl (C=O) groups is 1. The molecule has 0 saturated heterocycles. The van der Waals surface area contributed by atoms with E-state index in [1.165, 1.54) is 0 Å². The van der Waals surface area contributed by atoms with Gasteiger partial charge in [0.1, 0.15) is 0 Å². The largest absolute Gasteiger partial charge is 0.471 e. The van der Waals surface area contributed by atoms with Gasteiger partial charge >= 0.3 is 12.1 Å². The first-order chi connectivity index (χ1) is 9.38. The molecule has 3 rings (SSSR count). The molecule has 20 heavy (non-hydrogen) atoms. The van der Waals surface area contributed by atoms with Crippen LogP contribution in [0.4, 0.5) is 13.2 Å². The minimum absolute atomic E-state index is 0.0341.